The molecule has 0 spiro atoms. The van der Waals surface area contributed by atoms with Crippen LogP contribution in [0.3, 0.4) is 0 Å². The van der Waals surface area contributed by atoms with Gasteiger partial charge < -0.3 is 5.73 Å². The first kappa shape index (κ1) is 7.07. The Morgan fingerprint density at radius 3 is 3.27 bits per heavy atom. The Hall–Kier alpha value is -0.600. The largest absolute Gasteiger partial charge is 0.324 e. The van der Waals surface area contributed by atoms with Crippen molar-refractivity contribution in [2.45, 2.75) is 18.9 Å². The van der Waals surface area contributed by atoms with Crippen LogP contribution in [0.15, 0.2) is 12.3 Å². The number of nitrogens with zero attached hydrogens (tertiary/aromatic N) is 1. The smallest absolute Gasteiger partial charge is 0.0592 e. The highest BCUT2D eigenvalue weighted by Gasteiger charge is 2.19. The van der Waals surface area contributed by atoms with Crippen molar-refractivity contribution in [1.82, 2.24) is 4.98 Å². The molecule has 0 saturated carbocycles. The van der Waals surface area contributed by atoms with Gasteiger partial charge in [-0.1, -0.05) is 11.6 Å². The summed E-state index contributed by atoms with van der Waals surface area (Å²) in [7, 11) is 0. The van der Waals surface area contributed by atoms with Gasteiger partial charge in [-0.05, 0) is 24.5 Å². The lowest BCUT2D eigenvalue weighted by Gasteiger charge is -2.02. The molecule has 1 heterocycles. The Bertz CT molecular complexity index is 285. The molecule has 0 aromatic carbocycles. The van der Waals surface area contributed by atoms with Crippen LogP contribution in [0.4, 0.5) is 0 Å². The van der Waals surface area contributed by atoms with Crippen LogP contribution in [-0.2, 0) is 6.42 Å². The molecular weight excluding hydrogens is 160 g/mol. The molecule has 11 heavy (non-hydrogen) atoms. The standard InChI is InChI=1S/C8H9ClN2/c9-5-3-6-7(10)1-2-8(6)11-4-5/h3-4,7H,1-2,10H2/t7-/m0/s1. The SMILES string of the molecule is N[C@H]1CCc2ncc(Cl)cc21. The van der Waals surface area contributed by atoms with Gasteiger partial charge in [0.2, 0.25) is 0 Å². The quantitative estimate of drug-likeness (QED) is 0.640. The molecule has 1 aliphatic rings. The molecule has 2 N–H and O–H groups in total. The van der Waals surface area contributed by atoms with E-state index in [0.717, 1.165) is 24.1 Å². The number of aromatic nitrogens is 1. The summed E-state index contributed by atoms with van der Waals surface area (Å²) in [5.74, 6) is 0. The van der Waals surface area contributed by atoms with E-state index in [1.165, 1.54) is 0 Å². The highest BCUT2D eigenvalue weighted by molar-refractivity contribution is 6.30. The van der Waals surface area contributed by atoms with Crippen molar-refractivity contribution in [2.24, 2.45) is 5.73 Å². The van der Waals surface area contributed by atoms with Gasteiger partial charge in [-0.2, -0.15) is 0 Å². The third-order valence-electron chi connectivity index (χ3n) is 2.06. The number of rotatable bonds is 0. The van der Waals surface area contributed by atoms with E-state index in [1.807, 2.05) is 6.07 Å². The monoisotopic (exact) mass is 168 g/mol. The number of hydrogen-bond donors (Lipinski definition) is 1. The number of aryl methyl sites for hydroxylation is 1. The van der Waals surface area contributed by atoms with Crippen molar-refractivity contribution in [2.75, 3.05) is 0 Å². The summed E-state index contributed by atoms with van der Waals surface area (Å²) in [4.78, 5) is 4.20. The zero-order chi connectivity index (χ0) is 7.84. The van der Waals surface area contributed by atoms with E-state index in [9.17, 15) is 0 Å². The van der Waals surface area contributed by atoms with Gasteiger partial charge in [0.15, 0.2) is 0 Å². The molecule has 0 bridgehead atoms. The first-order valence-electron chi connectivity index (χ1n) is 3.67. The number of hydrogen-bond acceptors (Lipinski definition) is 2. The Balaban J connectivity index is 2.52. The Labute approximate surface area is 70.4 Å². The second kappa shape index (κ2) is 2.47. The minimum Gasteiger partial charge on any atom is -0.324 e. The van der Waals surface area contributed by atoms with Crippen LogP contribution in [0, 0.1) is 0 Å². The zero-order valence-corrected chi connectivity index (χ0v) is 6.80. The molecule has 3 heteroatoms. The van der Waals surface area contributed by atoms with E-state index in [4.69, 9.17) is 17.3 Å². The molecule has 0 unspecified atom stereocenters. The van der Waals surface area contributed by atoms with Crippen molar-refractivity contribution in [3.8, 4) is 0 Å². The molecule has 0 amide bonds. The maximum Gasteiger partial charge on any atom is 0.0592 e. The van der Waals surface area contributed by atoms with Gasteiger partial charge in [0.05, 0.1) is 5.02 Å². The molecule has 0 fully saturated rings. The van der Waals surface area contributed by atoms with Gasteiger partial charge in [-0.15, -0.1) is 0 Å². The summed E-state index contributed by atoms with van der Waals surface area (Å²) in [6, 6.07) is 2.07. The normalized spacial score (nSPS) is 21.8. The second-order valence-electron chi connectivity index (χ2n) is 2.83. The molecular formula is C8H9ClN2. The third kappa shape index (κ3) is 1.12. The summed E-state index contributed by atoms with van der Waals surface area (Å²) < 4.78 is 0. The van der Waals surface area contributed by atoms with E-state index in [1.54, 1.807) is 6.20 Å². The van der Waals surface area contributed by atoms with Crippen LogP contribution >= 0.6 is 11.6 Å². The van der Waals surface area contributed by atoms with Gasteiger partial charge in [0.25, 0.3) is 0 Å². The van der Waals surface area contributed by atoms with Crippen molar-refractivity contribution in [3.05, 3.63) is 28.5 Å². The van der Waals surface area contributed by atoms with Gasteiger partial charge in [0.1, 0.15) is 0 Å². The van der Waals surface area contributed by atoms with Gasteiger partial charge >= 0.3 is 0 Å². The van der Waals surface area contributed by atoms with Crippen LogP contribution < -0.4 is 5.73 Å². The van der Waals surface area contributed by atoms with E-state index in [0.29, 0.717) is 5.02 Å². The Morgan fingerprint density at radius 2 is 2.45 bits per heavy atom. The fourth-order valence-electron chi connectivity index (χ4n) is 1.46. The molecule has 1 atom stereocenters. The molecule has 1 aliphatic carbocycles. The molecule has 58 valence electrons. The Kier molecular flexibility index (Phi) is 1.59. The lowest BCUT2D eigenvalue weighted by Crippen LogP contribution is -2.05. The average molecular weight is 169 g/mol. The predicted molar refractivity (Wildman–Crippen MR) is 44.5 cm³/mol. The first-order chi connectivity index (χ1) is 5.27. The predicted octanol–water partition coefficient (Wildman–Crippen LogP) is 1.68. The maximum absolute atomic E-state index is 5.82. The van der Waals surface area contributed by atoms with Crippen molar-refractivity contribution < 1.29 is 0 Å². The highest BCUT2D eigenvalue weighted by atomic mass is 35.5. The van der Waals surface area contributed by atoms with E-state index in [-0.39, 0.29) is 6.04 Å². The lowest BCUT2D eigenvalue weighted by atomic mass is 10.2. The summed E-state index contributed by atoms with van der Waals surface area (Å²) in [5, 5.41) is 0.682. The number of halogens is 1. The lowest BCUT2D eigenvalue weighted by molar-refractivity contribution is 0.712. The van der Waals surface area contributed by atoms with Crippen LogP contribution in [0.25, 0.3) is 0 Å². The fourth-order valence-corrected chi connectivity index (χ4v) is 1.63. The van der Waals surface area contributed by atoms with E-state index < -0.39 is 0 Å². The van der Waals surface area contributed by atoms with Crippen LogP contribution in [0.2, 0.25) is 5.02 Å². The second-order valence-corrected chi connectivity index (χ2v) is 3.27. The van der Waals surface area contributed by atoms with Crippen LogP contribution in [-0.4, -0.2) is 4.98 Å². The maximum atomic E-state index is 5.82. The third-order valence-corrected chi connectivity index (χ3v) is 2.27. The summed E-state index contributed by atoms with van der Waals surface area (Å²) >= 11 is 5.77. The topological polar surface area (TPSA) is 38.9 Å². The summed E-state index contributed by atoms with van der Waals surface area (Å²) in [6.07, 6.45) is 3.68. The summed E-state index contributed by atoms with van der Waals surface area (Å²) in [5.41, 5.74) is 8.05. The molecule has 0 aliphatic heterocycles. The van der Waals surface area contributed by atoms with E-state index in [2.05, 4.69) is 4.98 Å². The van der Waals surface area contributed by atoms with Crippen LogP contribution in [0.1, 0.15) is 23.7 Å². The van der Waals surface area contributed by atoms with Gasteiger partial charge in [0, 0.05) is 17.9 Å². The van der Waals surface area contributed by atoms with Crippen molar-refractivity contribution in [3.63, 3.8) is 0 Å². The molecule has 0 saturated heterocycles. The molecule has 2 nitrogen and oxygen atoms in total. The zero-order valence-electron chi connectivity index (χ0n) is 6.05. The molecule has 0 radical (unpaired) electrons. The van der Waals surface area contributed by atoms with Crippen molar-refractivity contribution in [1.29, 1.82) is 0 Å². The molecule has 1 aromatic heterocycles. The Morgan fingerprint density at radius 1 is 1.64 bits per heavy atom. The number of nitrogens with two attached hydrogens (primary N) is 1. The van der Waals surface area contributed by atoms with Crippen molar-refractivity contribution >= 4 is 11.6 Å². The highest BCUT2D eigenvalue weighted by Crippen LogP contribution is 2.28. The minimum absolute atomic E-state index is 0.149. The van der Waals surface area contributed by atoms with E-state index >= 15 is 0 Å². The fraction of sp³-hybridized carbons (Fsp3) is 0.375. The van der Waals surface area contributed by atoms with Crippen LogP contribution in [0.5, 0.6) is 0 Å². The number of pyridine rings is 1. The summed E-state index contributed by atoms with van der Waals surface area (Å²) in [6.45, 7) is 0. The minimum atomic E-state index is 0.149. The average Bonchev–Trinajstić information content (AvgIpc) is 2.33. The molecule has 2 rings (SSSR count). The van der Waals surface area contributed by atoms with Gasteiger partial charge in [-0.25, -0.2) is 0 Å². The number of fused-ring (bicyclic) bond motifs is 1. The molecule has 1 aromatic rings. The van der Waals surface area contributed by atoms with Gasteiger partial charge in [-0.3, -0.25) is 4.98 Å². The first-order valence-corrected chi connectivity index (χ1v) is 4.05.